The van der Waals surface area contributed by atoms with Gasteiger partial charge in [0.2, 0.25) is 0 Å². The Balaban J connectivity index is 1.88. The SMILES string of the molecule is O[C@H](CN(Cc1cccc(OC(F)(F)C(F)(F)F)c1)c1cccc(Oc2cccc(OC(F)(F)F)c2)c1)C(F)(F)F. The van der Waals surface area contributed by atoms with Gasteiger partial charge in [0.15, 0.2) is 6.10 Å². The van der Waals surface area contributed by atoms with Crippen molar-refractivity contribution < 1.29 is 67.6 Å². The molecule has 3 aromatic carbocycles. The van der Waals surface area contributed by atoms with Gasteiger partial charge in [-0.3, -0.25) is 0 Å². The first-order chi connectivity index (χ1) is 18.8. The normalized spacial score (nSPS) is 13.5. The molecule has 0 bridgehead atoms. The summed E-state index contributed by atoms with van der Waals surface area (Å²) in [6.07, 6.45) is -24.6. The lowest BCUT2D eigenvalue weighted by molar-refractivity contribution is -0.360. The summed E-state index contributed by atoms with van der Waals surface area (Å²) in [6, 6.07) is 13.2. The number of aliphatic hydroxyl groups excluding tert-OH is 1. The molecular weight excluding hydrogens is 587 g/mol. The zero-order valence-corrected chi connectivity index (χ0v) is 20.2. The third-order valence-corrected chi connectivity index (χ3v) is 5.08. The van der Waals surface area contributed by atoms with E-state index in [0.717, 1.165) is 35.2 Å². The molecule has 0 saturated carbocycles. The molecule has 224 valence electrons. The molecule has 0 aliphatic carbocycles. The fourth-order valence-electron chi connectivity index (χ4n) is 3.32. The Morgan fingerprint density at radius 2 is 1.20 bits per heavy atom. The summed E-state index contributed by atoms with van der Waals surface area (Å²) < 4.78 is 154. The van der Waals surface area contributed by atoms with Crippen LogP contribution in [0.5, 0.6) is 23.0 Å². The summed E-state index contributed by atoms with van der Waals surface area (Å²) in [5.74, 6) is -1.75. The molecule has 5 nitrogen and oxygen atoms in total. The lowest BCUT2D eigenvalue weighted by Gasteiger charge is -2.29. The fourth-order valence-corrected chi connectivity index (χ4v) is 3.32. The number of halogens is 11. The van der Waals surface area contributed by atoms with Crippen LogP contribution in [-0.4, -0.2) is 42.6 Å². The number of benzene rings is 3. The second-order valence-electron chi connectivity index (χ2n) is 8.32. The Bertz CT molecular complexity index is 1310. The number of alkyl halides is 11. The zero-order chi connectivity index (χ0) is 30.6. The molecule has 1 atom stereocenters. The van der Waals surface area contributed by atoms with E-state index < -0.39 is 55.5 Å². The lowest BCUT2D eigenvalue weighted by Crippen LogP contribution is -2.42. The number of aliphatic hydroxyl groups is 1. The Hall–Kier alpha value is -3.95. The molecule has 0 unspecified atom stereocenters. The highest BCUT2D eigenvalue weighted by atomic mass is 19.4. The minimum atomic E-state index is -6.04. The monoisotopic (exact) mass is 605 g/mol. The molecule has 16 heteroatoms. The standard InChI is InChI=1S/C25H18F11NO4/c26-22(27,28)21(38)14-37(13-15-4-1-8-19(10-15)40-24(32,33)23(29,30)31)16-5-2-6-17(11-16)39-18-7-3-9-20(12-18)41-25(34,35)36/h1-12,21,38H,13-14H2/t21-/m1/s1. The maximum atomic E-state index is 13.3. The molecule has 3 rings (SSSR count). The van der Waals surface area contributed by atoms with Gasteiger partial charge in [0.1, 0.15) is 23.0 Å². The number of anilines is 1. The van der Waals surface area contributed by atoms with E-state index in [9.17, 15) is 53.4 Å². The largest absolute Gasteiger partial charge is 0.573 e. The highest BCUT2D eigenvalue weighted by Crippen LogP contribution is 2.38. The van der Waals surface area contributed by atoms with Gasteiger partial charge >= 0.3 is 24.8 Å². The summed E-state index contributed by atoms with van der Waals surface area (Å²) in [6.45, 7) is -1.65. The molecule has 41 heavy (non-hydrogen) atoms. The van der Waals surface area contributed by atoms with Crippen LogP contribution in [-0.2, 0) is 6.54 Å². The minimum absolute atomic E-state index is 0.0413. The van der Waals surface area contributed by atoms with Crippen LogP contribution < -0.4 is 19.1 Å². The van der Waals surface area contributed by atoms with E-state index in [2.05, 4.69) is 9.47 Å². The van der Waals surface area contributed by atoms with E-state index in [0.29, 0.717) is 0 Å². The van der Waals surface area contributed by atoms with Crippen LogP contribution in [0.3, 0.4) is 0 Å². The van der Waals surface area contributed by atoms with Crippen LogP contribution in [0, 0.1) is 0 Å². The lowest BCUT2D eigenvalue weighted by atomic mass is 10.1. The summed E-state index contributed by atoms with van der Waals surface area (Å²) in [4.78, 5) is 0.926. The first kappa shape index (κ1) is 31.6. The minimum Gasteiger partial charge on any atom is -0.457 e. The van der Waals surface area contributed by atoms with Gasteiger partial charge in [-0.2, -0.15) is 35.1 Å². The molecule has 0 aliphatic rings. The maximum Gasteiger partial charge on any atom is 0.573 e. The van der Waals surface area contributed by atoms with Crippen molar-refractivity contribution in [1.82, 2.24) is 0 Å². The average molecular weight is 605 g/mol. The first-order valence-corrected chi connectivity index (χ1v) is 11.2. The Morgan fingerprint density at radius 3 is 1.78 bits per heavy atom. The zero-order valence-electron chi connectivity index (χ0n) is 20.2. The van der Waals surface area contributed by atoms with Crippen LogP contribution in [0.2, 0.25) is 0 Å². The molecular formula is C25H18F11NO4. The summed E-state index contributed by atoms with van der Waals surface area (Å²) in [5.41, 5.74) is -0.112. The molecule has 1 N–H and O–H groups in total. The maximum absolute atomic E-state index is 13.3. The second-order valence-corrected chi connectivity index (χ2v) is 8.32. The Morgan fingerprint density at radius 1 is 0.659 bits per heavy atom. The van der Waals surface area contributed by atoms with E-state index in [1.165, 1.54) is 42.5 Å². The Labute approximate surface area is 224 Å². The van der Waals surface area contributed by atoms with E-state index in [-0.39, 0.29) is 22.7 Å². The molecule has 0 spiro atoms. The van der Waals surface area contributed by atoms with Gasteiger partial charge in [-0.25, -0.2) is 0 Å². The van der Waals surface area contributed by atoms with Gasteiger partial charge in [-0.1, -0.05) is 24.3 Å². The predicted molar refractivity (Wildman–Crippen MR) is 121 cm³/mol. The molecule has 0 amide bonds. The first-order valence-electron chi connectivity index (χ1n) is 11.2. The summed E-state index contributed by atoms with van der Waals surface area (Å²) in [7, 11) is 0. The number of ether oxygens (including phenoxy) is 3. The van der Waals surface area contributed by atoms with Crippen LogP contribution >= 0.6 is 0 Å². The second kappa shape index (κ2) is 11.9. The van der Waals surface area contributed by atoms with Crippen molar-refractivity contribution in [1.29, 1.82) is 0 Å². The predicted octanol–water partition coefficient (Wildman–Crippen LogP) is 7.84. The van der Waals surface area contributed by atoms with Gasteiger partial charge in [-0.05, 0) is 42.0 Å². The van der Waals surface area contributed by atoms with Crippen LogP contribution in [0.15, 0.2) is 72.8 Å². The molecule has 0 radical (unpaired) electrons. The molecule has 3 aromatic rings. The quantitative estimate of drug-likeness (QED) is 0.239. The van der Waals surface area contributed by atoms with Crippen molar-refractivity contribution in [3.63, 3.8) is 0 Å². The number of hydrogen-bond acceptors (Lipinski definition) is 5. The van der Waals surface area contributed by atoms with Crippen molar-refractivity contribution in [2.24, 2.45) is 0 Å². The Kier molecular flexibility index (Phi) is 9.15. The molecule has 0 heterocycles. The van der Waals surface area contributed by atoms with Crippen LogP contribution in [0.1, 0.15) is 5.56 Å². The van der Waals surface area contributed by atoms with Crippen molar-refractivity contribution >= 4 is 5.69 Å². The van der Waals surface area contributed by atoms with Gasteiger partial charge in [0.05, 0.1) is 6.54 Å². The smallest absolute Gasteiger partial charge is 0.457 e. The van der Waals surface area contributed by atoms with Gasteiger partial charge in [0.25, 0.3) is 0 Å². The highest BCUT2D eigenvalue weighted by molar-refractivity contribution is 5.52. The van der Waals surface area contributed by atoms with Gasteiger partial charge in [0, 0.05) is 24.4 Å². The van der Waals surface area contributed by atoms with Crippen LogP contribution in [0.25, 0.3) is 0 Å². The third-order valence-electron chi connectivity index (χ3n) is 5.08. The number of rotatable bonds is 10. The van der Waals surface area contributed by atoms with Crippen LogP contribution in [0.4, 0.5) is 54.0 Å². The summed E-state index contributed by atoms with van der Waals surface area (Å²) in [5, 5.41) is 9.67. The van der Waals surface area contributed by atoms with E-state index in [1.807, 2.05) is 0 Å². The molecule has 0 aromatic heterocycles. The number of nitrogens with zero attached hydrogens (tertiary/aromatic N) is 1. The highest BCUT2D eigenvalue weighted by Gasteiger charge is 2.61. The third kappa shape index (κ3) is 9.30. The van der Waals surface area contributed by atoms with E-state index in [1.54, 1.807) is 0 Å². The van der Waals surface area contributed by atoms with Crippen molar-refractivity contribution in [2.75, 3.05) is 11.4 Å². The number of hydrogen-bond donors (Lipinski definition) is 1. The topological polar surface area (TPSA) is 51.2 Å². The van der Waals surface area contributed by atoms with Crippen molar-refractivity contribution in [3.05, 3.63) is 78.4 Å². The van der Waals surface area contributed by atoms with E-state index >= 15 is 0 Å². The van der Waals surface area contributed by atoms with Gasteiger partial charge < -0.3 is 24.2 Å². The average Bonchev–Trinajstić information content (AvgIpc) is 2.81. The van der Waals surface area contributed by atoms with Crippen molar-refractivity contribution in [2.45, 2.75) is 37.5 Å². The van der Waals surface area contributed by atoms with Gasteiger partial charge in [-0.15, -0.1) is 13.2 Å². The fraction of sp³-hybridized carbons (Fsp3) is 0.280. The molecule has 0 aliphatic heterocycles. The molecule has 0 saturated heterocycles. The van der Waals surface area contributed by atoms with E-state index in [4.69, 9.17) is 4.74 Å². The summed E-state index contributed by atoms with van der Waals surface area (Å²) >= 11 is 0. The molecule has 0 fully saturated rings. The van der Waals surface area contributed by atoms with Crippen molar-refractivity contribution in [3.8, 4) is 23.0 Å².